The molecule has 0 unspecified atom stereocenters. The van der Waals surface area contributed by atoms with E-state index in [1.165, 1.54) is 4.68 Å². The summed E-state index contributed by atoms with van der Waals surface area (Å²) >= 11 is 5.94. The average Bonchev–Trinajstić information content (AvgIpc) is 3.35. The zero-order valence-electron chi connectivity index (χ0n) is 19.1. The Hall–Kier alpha value is -3.60. The number of halogens is 1. The number of hydrogen-bond acceptors (Lipinski definition) is 8. The molecule has 11 heteroatoms. The number of benzene rings is 2. The van der Waals surface area contributed by atoms with Crippen LogP contribution < -0.4 is 10.9 Å². The van der Waals surface area contributed by atoms with E-state index < -0.39 is 0 Å². The Labute approximate surface area is 206 Å². The van der Waals surface area contributed by atoms with Crippen LogP contribution >= 0.6 is 11.6 Å². The van der Waals surface area contributed by atoms with Crippen LogP contribution in [0.4, 0.5) is 0 Å². The molecule has 5 rings (SSSR count). The van der Waals surface area contributed by atoms with Crippen LogP contribution in [0.3, 0.4) is 0 Å². The van der Waals surface area contributed by atoms with Crippen molar-refractivity contribution in [2.24, 2.45) is 0 Å². The molecule has 2 aromatic carbocycles. The molecule has 35 heavy (non-hydrogen) atoms. The number of carbonyl (C=O) groups excluding carboxylic acids is 1. The van der Waals surface area contributed by atoms with Crippen LogP contribution in [-0.2, 0) is 13.2 Å². The highest BCUT2D eigenvalue weighted by atomic mass is 35.5. The highest BCUT2D eigenvalue weighted by molar-refractivity contribution is 6.30. The second kappa shape index (κ2) is 9.95. The molecule has 0 spiro atoms. The van der Waals surface area contributed by atoms with E-state index in [2.05, 4.69) is 30.4 Å². The molecule has 1 saturated heterocycles. The fourth-order valence-electron chi connectivity index (χ4n) is 4.12. The summed E-state index contributed by atoms with van der Waals surface area (Å²) in [6.07, 6.45) is 0. The Morgan fingerprint density at radius 3 is 2.43 bits per heavy atom. The van der Waals surface area contributed by atoms with Gasteiger partial charge >= 0.3 is 0 Å². The van der Waals surface area contributed by atoms with E-state index in [1.807, 2.05) is 12.1 Å². The van der Waals surface area contributed by atoms with Crippen LogP contribution in [0.1, 0.15) is 16.4 Å². The van der Waals surface area contributed by atoms with Crippen molar-refractivity contribution in [3.05, 3.63) is 75.5 Å². The Bertz CT molecular complexity index is 1410. The van der Waals surface area contributed by atoms with E-state index in [1.54, 1.807) is 43.4 Å². The zero-order chi connectivity index (χ0) is 24.4. The molecular formula is C24H24ClN7O3. The first-order valence-electron chi connectivity index (χ1n) is 11.3. The van der Waals surface area contributed by atoms with Crippen LogP contribution in [0.5, 0.6) is 0 Å². The van der Waals surface area contributed by atoms with Gasteiger partial charge in [0.05, 0.1) is 18.6 Å². The van der Waals surface area contributed by atoms with Gasteiger partial charge in [-0.1, -0.05) is 35.0 Å². The van der Waals surface area contributed by atoms with Crippen molar-refractivity contribution in [1.29, 1.82) is 0 Å². The molecule has 1 amide bonds. The molecule has 2 aromatic heterocycles. The number of amides is 1. The van der Waals surface area contributed by atoms with Gasteiger partial charge in [-0.3, -0.25) is 19.4 Å². The van der Waals surface area contributed by atoms with Gasteiger partial charge < -0.3 is 9.84 Å². The second-order valence-electron chi connectivity index (χ2n) is 8.33. The molecule has 0 saturated carbocycles. The Balaban J connectivity index is 1.24. The maximum atomic E-state index is 13.0. The van der Waals surface area contributed by atoms with Crippen molar-refractivity contribution in [3.8, 4) is 11.4 Å². The lowest BCUT2D eigenvalue weighted by Crippen LogP contribution is -2.47. The third-order valence-electron chi connectivity index (χ3n) is 6.04. The molecule has 3 heterocycles. The summed E-state index contributed by atoms with van der Waals surface area (Å²) in [4.78, 5) is 34.2. The Morgan fingerprint density at radius 2 is 1.71 bits per heavy atom. The first-order valence-corrected chi connectivity index (χ1v) is 11.6. The van der Waals surface area contributed by atoms with E-state index in [4.69, 9.17) is 16.1 Å². The van der Waals surface area contributed by atoms with Gasteiger partial charge in [-0.2, -0.15) is 10.1 Å². The van der Waals surface area contributed by atoms with E-state index in [0.717, 1.165) is 31.7 Å². The smallest absolute Gasteiger partial charge is 0.275 e. The summed E-state index contributed by atoms with van der Waals surface area (Å²) in [6.45, 7) is 3.85. The van der Waals surface area contributed by atoms with Crippen molar-refractivity contribution >= 4 is 28.3 Å². The Morgan fingerprint density at radius 1 is 1.03 bits per heavy atom. The third-order valence-corrected chi connectivity index (χ3v) is 6.29. The average molecular weight is 494 g/mol. The number of carbonyl (C=O) groups is 1. The fraction of sp³-hybridized carbons (Fsp3) is 0.292. The van der Waals surface area contributed by atoms with Gasteiger partial charge in [0.1, 0.15) is 0 Å². The summed E-state index contributed by atoms with van der Waals surface area (Å²) in [5, 5.41) is 12.7. The summed E-state index contributed by atoms with van der Waals surface area (Å²) in [6, 6.07) is 14.3. The third kappa shape index (κ3) is 4.95. The molecule has 180 valence electrons. The molecule has 0 bridgehead atoms. The highest BCUT2D eigenvalue weighted by Crippen LogP contribution is 2.19. The van der Waals surface area contributed by atoms with Crippen molar-refractivity contribution in [2.75, 3.05) is 33.2 Å². The molecule has 10 nitrogen and oxygen atoms in total. The number of nitrogens with one attached hydrogen (secondary N) is 1. The van der Waals surface area contributed by atoms with Crippen LogP contribution in [0.15, 0.2) is 57.8 Å². The van der Waals surface area contributed by atoms with E-state index in [9.17, 15) is 9.59 Å². The quantitative estimate of drug-likeness (QED) is 0.435. The van der Waals surface area contributed by atoms with Crippen LogP contribution in [0, 0.1) is 0 Å². The summed E-state index contributed by atoms with van der Waals surface area (Å²) in [7, 11) is 1.55. The molecule has 1 N–H and O–H groups in total. The fourth-order valence-corrected chi connectivity index (χ4v) is 4.25. The monoisotopic (exact) mass is 493 g/mol. The molecular weight excluding hydrogens is 470 g/mol. The first-order chi connectivity index (χ1) is 17.0. The zero-order valence-corrected chi connectivity index (χ0v) is 19.9. The van der Waals surface area contributed by atoms with Crippen molar-refractivity contribution in [2.45, 2.75) is 13.2 Å². The number of piperazine rings is 1. The predicted octanol–water partition coefficient (Wildman–Crippen LogP) is 2.23. The summed E-state index contributed by atoms with van der Waals surface area (Å²) in [5.74, 6) is 0.757. The molecule has 4 aromatic rings. The van der Waals surface area contributed by atoms with Gasteiger partial charge in [0, 0.05) is 49.2 Å². The largest absolute Gasteiger partial charge is 0.354 e. The Kier molecular flexibility index (Phi) is 6.58. The van der Waals surface area contributed by atoms with Gasteiger partial charge in [0.25, 0.3) is 11.5 Å². The van der Waals surface area contributed by atoms with Gasteiger partial charge in [-0.15, -0.1) is 0 Å². The molecule has 0 aliphatic carbocycles. The van der Waals surface area contributed by atoms with E-state index in [-0.39, 0.29) is 17.2 Å². The van der Waals surface area contributed by atoms with Crippen molar-refractivity contribution in [3.63, 3.8) is 0 Å². The number of hydrogen-bond donors (Lipinski definition) is 1. The minimum atomic E-state index is -0.322. The molecule has 1 aliphatic rings. The van der Waals surface area contributed by atoms with Crippen molar-refractivity contribution < 1.29 is 9.32 Å². The second-order valence-corrected chi connectivity index (χ2v) is 8.77. The normalized spacial score (nSPS) is 14.9. The van der Waals surface area contributed by atoms with Crippen LogP contribution in [0.25, 0.3) is 22.2 Å². The number of rotatable bonds is 6. The standard InChI is InChI=1S/C24H24ClN7O3/c1-26-23(33)21-18-4-2-3-5-19(18)24(34)32(28-21)15-31-12-10-30(11-13-31)14-20-27-22(29-35-20)16-6-8-17(25)9-7-16/h2-9H,10-15H2,1H3,(H,26,33). The maximum Gasteiger partial charge on any atom is 0.275 e. The highest BCUT2D eigenvalue weighted by Gasteiger charge is 2.22. The van der Waals surface area contributed by atoms with Crippen LogP contribution in [0.2, 0.25) is 5.02 Å². The lowest BCUT2D eigenvalue weighted by atomic mass is 10.1. The maximum absolute atomic E-state index is 13.0. The molecule has 1 fully saturated rings. The topological polar surface area (TPSA) is 109 Å². The molecule has 0 atom stereocenters. The lowest BCUT2D eigenvalue weighted by Gasteiger charge is -2.33. The number of fused-ring (bicyclic) bond motifs is 1. The van der Waals surface area contributed by atoms with E-state index in [0.29, 0.717) is 40.7 Å². The minimum Gasteiger partial charge on any atom is -0.354 e. The summed E-state index contributed by atoms with van der Waals surface area (Å²) < 4.78 is 6.81. The lowest BCUT2D eigenvalue weighted by molar-refractivity contribution is 0.0883. The summed E-state index contributed by atoms with van der Waals surface area (Å²) in [5.41, 5.74) is 0.879. The van der Waals surface area contributed by atoms with Gasteiger partial charge in [-0.05, 0) is 30.3 Å². The van der Waals surface area contributed by atoms with Gasteiger partial charge in [0.2, 0.25) is 11.7 Å². The predicted molar refractivity (Wildman–Crippen MR) is 131 cm³/mol. The number of nitrogens with zero attached hydrogens (tertiary/aromatic N) is 6. The van der Waals surface area contributed by atoms with Crippen molar-refractivity contribution in [1.82, 2.24) is 35.0 Å². The molecule has 0 radical (unpaired) electrons. The van der Waals surface area contributed by atoms with E-state index >= 15 is 0 Å². The van der Waals surface area contributed by atoms with Gasteiger partial charge in [0.15, 0.2) is 5.69 Å². The van der Waals surface area contributed by atoms with Gasteiger partial charge in [-0.25, -0.2) is 4.68 Å². The molecule has 1 aliphatic heterocycles. The number of aromatic nitrogens is 4. The SMILES string of the molecule is CNC(=O)c1nn(CN2CCN(Cc3nc(-c4ccc(Cl)cc4)no3)CC2)c(=O)c2ccccc12. The first kappa shape index (κ1) is 23.2. The van der Waals surface area contributed by atoms with Crippen LogP contribution in [-0.4, -0.2) is 68.9 Å². The minimum absolute atomic E-state index is 0.212.